The van der Waals surface area contributed by atoms with Crippen LogP contribution in [0.1, 0.15) is 70.0 Å². The molecule has 102 valence electrons. The normalized spacial score (nSPS) is 21.3. The second-order valence-electron chi connectivity index (χ2n) is 5.61. The van der Waals surface area contributed by atoms with Crippen LogP contribution in [-0.2, 0) is 0 Å². The minimum Gasteiger partial charge on any atom is -0.332 e. The van der Waals surface area contributed by atoms with Gasteiger partial charge < -0.3 is 9.88 Å². The molecular weight excluding hydrogens is 222 g/mol. The second-order valence-corrected chi connectivity index (χ2v) is 5.61. The fourth-order valence-corrected chi connectivity index (χ4v) is 2.91. The Bertz CT molecular complexity index is 339. The van der Waals surface area contributed by atoms with E-state index in [1.165, 1.54) is 44.2 Å². The highest BCUT2D eigenvalue weighted by Crippen LogP contribution is 2.26. The average molecular weight is 249 g/mol. The van der Waals surface area contributed by atoms with Crippen molar-refractivity contribution in [2.45, 2.75) is 64.3 Å². The standard InChI is InChI=1S/C15H27N3/c1-3-4-5-6-7-13(2)18-12-17-11-15(18)14-8-9-16-10-14/h11-14,16H,3-10H2,1-2H3. The summed E-state index contributed by atoms with van der Waals surface area (Å²) in [7, 11) is 0. The highest BCUT2D eigenvalue weighted by molar-refractivity contribution is 5.10. The first-order valence-electron chi connectivity index (χ1n) is 7.55. The van der Waals surface area contributed by atoms with E-state index < -0.39 is 0 Å². The van der Waals surface area contributed by atoms with Crippen LogP contribution >= 0.6 is 0 Å². The smallest absolute Gasteiger partial charge is 0.0950 e. The maximum atomic E-state index is 4.37. The van der Waals surface area contributed by atoms with Gasteiger partial charge in [0.15, 0.2) is 0 Å². The molecule has 18 heavy (non-hydrogen) atoms. The largest absolute Gasteiger partial charge is 0.332 e. The van der Waals surface area contributed by atoms with Gasteiger partial charge >= 0.3 is 0 Å². The van der Waals surface area contributed by atoms with Crippen LogP contribution in [0.15, 0.2) is 12.5 Å². The second kappa shape index (κ2) is 6.93. The van der Waals surface area contributed by atoms with Crippen molar-refractivity contribution in [3.05, 3.63) is 18.2 Å². The summed E-state index contributed by atoms with van der Waals surface area (Å²) in [6, 6.07) is 0.597. The van der Waals surface area contributed by atoms with Gasteiger partial charge in [0, 0.05) is 30.4 Å². The van der Waals surface area contributed by atoms with Gasteiger partial charge in [0.1, 0.15) is 0 Å². The summed E-state index contributed by atoms with van der Waals surface area (Å²) in [5, 5.41) is 3.45. The number of rotatable bonds is 7. The molecule has 1 aliphatic rings. The van der Waals surface area contributed by atoms with E-state index in [-0.39, 0.29) is 0 Å². The molecule has 0 bridgehead atoms. The van der Waals surface area contributed by atoms with Crippen molar-refractivity contribution in [2.75, 3.05) is 13.1 Å². The van der Waals surface area contributed by atoms with Crippen LogP contribution in [0.25, 0.3) is 0 Å². The van der Waals surface area contributed by atoms with Crippen LogP contribution in [0.5, 0.6) is 0 Å². The monoisotopic (exact) mass is 249 g/mol. The molecule has 2 unspecified atom stereocenters. The summed E-state index contributed by atoms with van der Waals surface area (Å²) in [5.74, 6) is 0.672. The molecule has 3 nitrogen and oxygen atoms in total. The highest BCUT2D eigenvalue weighted by Gasteiger charge is 2.21. The summed E-state index contributed by atoms with van der Waals surface area (Å²) < 4.78 is 2.41. The predicted octanol–water partition coefficient (Wildman–Crippen LogP) is 3.49. The zero-order valence-corrected chi connectivity index (χ0v) is 11.9. The lowest BCUT2D eigenvalue weighted by molar-refractivity contribution is 0.452. The van der Waals surface area contributed by atoms with Gasteiger partial charge in [0.2, 0.25) is 0 Å². The molecule has 0 aromatic carbocycles. The van der Waals surface area contributed by atoms with Crippen LogP contribution < -0.4 is 5.32 Å². The molecule has 0 saturated carbocycles. The summed E-state index contributed by atoms with van der Waals surface area (Å²) >= 11 is 0. The maximum Gasteiger partial charge on any atom is 0.0950 e. The number of nitrogens with one attached hydrogen (secondary N) is 1. The number of hydrogen-bond donors (Lipinski definition) is 1. The van der Waals surface area contributed by atoms with Gasteiger partial charge in [0.25, 0.3) is 0 Å². The minimum atomic E-state index is 0.597. The Balaban J connectivity index is 1.89. The van der Waals surface area contributed by atoms with Crippen LogP contribution in [0.2, 0.25) is 0 Å². The molecule has 3 heteroatoms. The lowest BCUT2D eigenvalue weighted by Gasteiger charge is -2.19. The molecule has 2 rings (SSSR count). The van der Waals surface area contributed by atoms with Crippen molar-refractivity contribution in [2.24, 2.45) is 0 Å². The van der Waals surface area contributed by atoms with Gasteiger partial charge in [-0.15, -0.1) is 0 Å². The fraction of sp³-hybridized carbons (Fsp3) is 0.800. The van der Waals surface area contributed by atoms with E-state index in [2.05, 4.69) is 34.9 Å². The van der Waals surface area contributed by atoms with Crippen molar-refractivity contribution in [3.63, 3.8) is 0 Å². The molecule has 1 N–H and O–H groups in total. The van der Waals surface area contributed by atoms with Crippen molar-refractivity contribution < 1.29 is 0 Å². The van der Waals surface area contributed by atoms with Crippen molar-refractivity contribution >= 4 is 0 Å². The molecule has 2 heterocycles. The first kappa shape index (κ1) is 13.6. The Labute approximate surface area is 111 Å². The Kier molecular flexibility index (Phi) is 5.24. The predicted molar refractivity (Wildman–Crippen MR) is 75.9 cm³/mol. The molecule has 0 radical (unpaired) electrons. The maximum absolute atomic E-state index is 4.37. The molecule has 1 fully saturated rings. The molecule has 2 atom stereocenters. The third-order valence-electron chi connectivity index (χ3n) is 4.12. The van der Waals surface area contributed by atoms with E-state index in [1.807, 2.05) is 6.33 Å². The molecule has 0 spiro atoms. The number of unbranched alkanes of at least 4 members (excludes halogenated alkanes) is 3. The lowest BCUT2D eigenvalue weighted by Crippen LogP contribution is -2.14. The molecule has 1 aromatic rings. The topological polar surface area (TPSA) is 29.9 Å². The van der Waals surface area contributed by atoms with Gasteiger partial charge in [0.05, 0.1) is 6.33 Å². The van der Waals surface area contributed by atoms with E-state index in [0.717, 1.165) is 13.1 Å². The Morgan fingerprint density at radius 3 is 3.06 bits per heavy atom. The zero-order chi connectivity index (χ0) is 12.8. The first-order chi connectivity index (χ1) is 8.83. The van der Waals surface area contributed by atoms with Crippen LogP contribution in [0.3, 0.4) is 0 Å². The highest BCUT2D eigenvalue weighted by atomic mass is 15.1. The molecule has 0 aliphatic carbocycles. The Hall–Kier alpha value is -0.830. The molecule has 0 amide bonds. The average Bonchev–Trinajstić information content (AvgIpc) is 3.02. The van der Waals surface area contributed by atoms with Crippen molar-refractivity contribution in [1.82, 2.24) is 14.9 Å². The number of imidazole rings is 1. The van der Waals surface area contributed by atoms with E-state index in [9.17, 15) is 0 Å². The van der Waals surface area contributed by atoms with Crippen LogP contribution in [0, 0.1) is 0 Å². The number of aromatic nitrogens is 2. The fourth-order valence-electron chi connectivity index (χ4n) is 2.91. The number of nitrogens with zero attached hydrogens (tertiary/aromatic N) is 2. The van der Waals surface area contributed by atoms with Gasteiger partial charge in [-0.3, -0.25) is 0 Å². The summed E-state index contributed by atoms with van der Waals surface area (Å²) in [6.07, 6.45) is 12.0. The van der Waals surface area contributed by atoms with Gasteiger partial charge in [-0.25, -0.2) is 4.98 Å². The van der Waals surface area contributed by atoms with E-state index in [0.29, 0.717) is 12.0 Å². The van der Waals surface area contributed by atoms with E-state index >= 15 is 0 Å². The van der Waals surface area contributed by atoms with Crippen molar-refractivity contribution in [3.8, 4) is 0 Å². The quantitative estimate of drug-likeness (QED) is 0.750. The third kappa shape index (κ3) is 3.35. The molecular formula is C15H27N3. The SMILES string of the molecule is CCCCCCC(C)n1cncc1C1CCNC1. The van der Waals surface area contributed by atoms with Gasteiger partial charge in [-0.1, -0.05) is 32.6 Å². The van der Waals surface area contributed by atoms with Crippen LogP contribution in [-0.4, -0.2) is 22.6 Å². The molecule has 1 saturated heterocycles. The van der Waals surface area contributed by atoms with E-state index in [4.69, 9.17) is 0 Å². The Morgan fingerprint density at radius 2 is 2.33 bits per heavy atom. The molecule has 1 aromatic heterocycles. The number of hydrogen-bond acceptors (Lipinski definition) is 2. The third-order valence-corrected chi connectivity index (χ3v) is 4.12. The Morgan fingerprint density at radius 1 is 1.44 bits per heavy atom. The van der Waals surface area contributed by atoms with Crippen molar-refractivity contribution in [1.29, 1.82) is 0 Å². The summed E-state index contributed by atoms with van der Waals surface area (Å²) in [5.41, 5.74) is 1.43. The summed E-state index contributed by atoms with van der Waals surface area (Å²) in [4.78, 5) is 4.37. The first-order valence-corrected chi connectivity index (χ1v) is 7.55. The van der Waals surface area contributed by atoms with Crippen LogP contribution in [0.4, 0.5) is 0 Å². The summed E-state index contributed by atoms with van der Waals surface area (Å²) in [6.45, 7) is 6.87. The lowest BCUT2D eigenvalue weighted by atomic mass is 10.0. The van der Waals surface area contributed by atoms with Gasteiger partial charge in [-0.2, -0.15) is 0 Å². The van der Waals surface area contributed by atoms with Gasteiger partial charge in [-0.05, 0) is 26.3 Å². The van der Waals surface area contributed by atoms with E-state index in [1.54, 1.807) is 0 Å². The zero-order valence-electron chi connectivity index (χ0n) is 11.9. The minimum absolute atomic E-state index is 0.597. The molecule has 1 aliphatic heterocycles.